The maximum Gasteiger partial charge on any atom is 0.0468 e. The minimum atomic E-state index is 0.569. The van der Waals surface area contributed by atoms with Gasteiger partial charge in [0, 0.05) is 19.3 Å². The lowest BCUT2D eigenvalue weighted by Gasteiger charge is -2.31. The van der Waals surface area contributed by atoms with Gasteiger partial charge in [-0.2, -0.15) is 0 Å². The summed E-state index contributed by atoms with van der Waals surface area (Å²) < 4.78 is 5.48. The maximum absolute atomic E-state index is 5.48. The van der Waals surface area contributed by atoms with Crippen LogP contribution in [0.3, 0.4) is 0 Å². The fraction of sp³-hybridized carbons (Fsp3) is 0.600. The monoisotopic (exact) mass is 231 g/mol. The summed E-state index contributed by atoms with van der Waals surface area (Å²) in [6.07, 6.45) is 3.82. The van der Waals surface area contributed by atoms with E-state index >= 15 is 0 Å². The Hall–Kier alpha value is -0.860. The van der Waals surface area contributed by atoms with Crippen LogP contribution in [-0.4, -0.2) is 19.8 Å². The Kier molecular flexibility index (Phi) is 3.44. The highest BCUT2D eigenvalue weighted by molar-refractivity contribution is 5.21. The Labute approximate surface area is 103 Å². The van der Waals surface area contributed by atoms with E-state index in [1.54, 1.807) is 0 Å². The second-order valence-corrected chi connectivity index (χ2v) is 5.24. The van der Waals surface area contributed by atoms with Gasteiger partial charge in [0.2, 0.25) is 0 Å². The van der Waals surface area contributed by atoms with Crippen molar-refractivity contribution in [2.45, 2.75) is 25.3 Å². The third-order valence-electron chi connectivity index (χ3n) is 4.30. The van der Waals surface area contributed by atoms with Gasteiger partial charge in [-0.05, 0) is 43.2 Å². The van der Waals surface area contributed by atoms with Crippen LogP contribution in [0.25, 0.3) is 0 Å². The lowest BCUT2D eigenvalue weighted by molar-refractivity contribution is 0.0441. The zero-order valence-corrected chi connectivity index (χ0v) is 10.3. The van der Waals surface area contributed by atoms with Gasteiger partial charge in [0.25, 0.3) is 0 Å². The van der Waals surface area contributed by atoms with Gasteiger partial charge in [-0.15, -0.1) is 0 Å². The summed E-state index contributed by atoms with van der Waals surface area (Å²) in [7, 11) is 0. The fourth-order valence-corrected chi connectivity index (χ4v) is 3.40. The van der Waals surface area contributed by atoms with Crippen molar-refractivity contribution in [2.24, 2.45) is 11.8 Å². The standard InChI is InChI=1S/C15H21NO/c1-2-4-13(5-3-1)15-14(6-9-16-15)12-7-10-17-11-8-12/h1-5,12,14-16H,6-11H2. The van der Waals surface area contributed by atoms with Crippen LogP contribution in [0.1, 0.15) is 30.9 Å². The summed E-state index contributed by atoms with van der Waals surface area (Å²) in [5.41, 5.74) is 1.46. The SMILES string of the molecule is c1ccc(C2NCCC2C2CCOCC2)cc1. The molecule has 2 aliphatic heterocycles. The third-order valence-corrected chi connectivity index (χ3v) is 4.30. The van der Waals surface area contributed by atoms with E-state index in [0.717, 1.165) is 25.0 Å². The summed E-state index contributed by atoms with van der Waals surface area (Å²) >= 11 is 0. The first kappa shape index (κ1) is 11.2. The average Bonchev–Trinajstić information content (AvgIpc) is 2.90. The highest BCUT2D eigenvalue weighted by Gasteiger charge is 2.34. The highest BCUT2D eigenvalue weighted by Crippen LogP contribution is 2.39. The van der Waals surface area contributed by atoms with E-state index in [1.165, 1.54) is 31.4 Å². The number of benzene rings is 1. The number of ether oxygens (including phenoxy) is 1. The molecule has 2 nitrogen and oxygen atoms in total. The molecule has 1 N–H and O–H groups in total. The van der Waals surface area contributed by atoms with Crippen LogP contribution in [0, 0.1) is 11.8 Å². The van der Waals surface area contributed by atoms with Crippen molar-refractivity contribution in [3.05, 3.63) is 35.9 Å². The quantitative estimate of drug-likeness (QED) is 0.845. The summed E-state index contributed by atoms with van der Waals surface area (Å²) in [4.78, 5) is 0. The fourth-order valence-electron chi connectivity index (χ4n) is 3.40. The molecular formula is C15H21NO. The molecule has 2 atom stereocenters. The van der Waals surface area contributed by atoms with E-state index in [-0.39, 0.29) is 0 Å². The molecule has 92 valence electrons. The van der Waals surface area contributed by atoms with Crippen molar-refractivity contribution in [2.75, 3.05) is 19.8 Å². The minimum Gasteiger partial charge on any atom is -0.381 e. The van der Waals surface area contributed by atoms with Gasteiger partial charge in [0.1, 0.15) is 0 Å². The molecule has 0 saturated carbocycles. The predicted octanol–water partition coefficient (Wildman–Crippen LogP) is 2.76. The smallest absolute Gasteiger partial charge is 0.0468 e. The van der Waals surface area contributed by atoms with Crippen LogP contribution in [-0.2, 0) is 4.74 Å². The number of nitrogens with one attached hydrogen (secondary N) is 1. The molecule has 0 aromatic heterocycles. The minimum absolute atomic E-state index is 0.569. The van der Waals surface area contributed by atoms with Crippen molar-refractivity contribution >= 4 is 0 Å². The molecule has 0 aliphatic carbocycles. The first-order valence-electron chi connectivity index (χ1n) is 6.81. The molecular weight excluding hydrogens is 210 g/mol. The van der Waals surface area contributed by atoms with Crippen LogP contribution in [0.4, 0.5) is 0 Å². The molecule has 0 radical (unpaired) electrons. The van der Waals surface area contributed by atoms with E-state index in [9.17, 15) is 0 Å². The molecule has 2 unspecified atom stereocenters. The Morgan fingerprint density at radius 2 is 1.76 bits per heavy atom. The van der Waals surface area contributed by atoms with Crippen LogP contribution in [0.15, 0.2) is 30.3 Å². The Balaban J connectivity index is 1.75. The number of hydrogen-bond donors (Lipinski definition) is 1. The van der Waals surface area contributed by atoms with Gasteiger partial charge in [-0.25, -0.2) is 0 Å². The molecule has 0 spiro atoms. The molecule has 2 heterocycles. The Morgan fingerprint density at radius 1 is 1.00 bits per heavy atom. The topological polar surface area (TPSA) is 21.3 Å². The summed E-state index contributed by atoms with van der Waals surface area (Å²) in [6.45, 7) is 3.09. The van der Waals surface area contributed by atoms with E-state index in [2.05, 4.69) is 35.6 Å². The van der Waals surface area contributed by atoms with Gasteiger partial charge in [0.05, 0.1) is 0 Å². The van der Waals surface area contributed by atoms with Gasteiger partial charge in [0.15, 0.2) is 0 Å². The van der Waals surface area contributed by atoms with Crippen LogP contribution in [0.2, 0.25) is 0 Å². The zero-order valence-electron chi connectivity index (χ0n) is 10.3. The van der Waals surface area contributed by atoms with Gasteiger partial charge in [-0.1, -0.05) is 30.3 Å². The van der Waals surface area contributed by atoms with Crippen LogP contribution in [0.5, 0.6) is 0 Å². The normalized spacial score (nSPS) is 30.6. The van der Waals surface area contributed by atoms with Crippen molar-refractivity contribution in [3.63, 3.8) is 0 Å². The van der Waals surface area contributed by atoms with Gasteiger partial charge in [-0.3, -0.25) is 0 Å². The molecule has 17 heavy (non-hydrogen) atoms. The number of rotatable bonds is 2. The van der Waals surface area contributed by atoms with E-state index in [4.69, 9.17) is 4.74 Å². The van der Waals surface area contributed by atoms with Crippen molar-refractivity contribution in [3.8, 4) is 0 Å². The van der Waals surface area contributed by atoms with Crippen molar-refractivity contribution < 1.29 is 4.74 Å². The lowest BCUT2D eigenvalue weighted by atomic mass is 9.79. The second-order valence-electron chi connectivity index (χ2n) is 5.24. The van der Waals surface area contributed by atoms with E-state index < -0.39 is 0 Å². The summed E-state index contributed by atoms with van der Waals surface area (Å²) in [5.74, 6) is 1.66. The largest absolute Gasteiger partial charge is 0.381 e. The average molecular weight is 231 g/mol. The Bertz CT molecular complexity index is 345. The molecule has 2 heteroatoms. The van der Waals surface area contributed by atoms with Gasteiger partial charge < -0.3 is 10.1 Å². The molecule has 2 saturated heterocycles. The van der Waals surface area contributed by atoms with E-state index in [1.807, 2.05) is 0 Å². The highest BCUT2D eigenvalue weighted by atomic mass is 16.5. The van der Waals surface area contributed by atoms with Crippen LogP contribution >= 0.6 is 0 Å². The lowest BCUT2D eigenvalue weighted by Crippen LogP contribution is -2.28. The zero-order chi connectivity index (χ0) is 11.5. The summed E-state index contributed by atoms with van der Waals surface area (Å²) in [6, 6.07) is 11.5. The van der Waals surface area contributed by atoms with Crippen LogP contribution < -0.4 is 5.32 Å². The molecule has 3 rings (SSSR count). The molecule has 1 aromatic carbocycles. The first-order valence-corrected chi connectivity index (χ1v) is 6.81. The predicted molar refractivity (Wildman–Crippen MR) is 68.8 cm³/mol. The molecule has 0 bridgehead atoms. The van der Waals surface area contributed by atoms with Crippen molar-refractivity contribution in [1.29, 1.82) is 0 Å². The maximum atomic E-state index is 5.48. The second kappa shape index (κ2) is 5.19. The van der Waals surface area contributed by atoms with E-state index in [0.29, 0.717) is 6.04 Å². The van der Waals surface area contributed by atoms with Crippen molar-refractivity contribution in [1.82, 2.24) is 5.32 Å². The Morgan fingerprint density at radius 3 is 2.53 bits per heavy atom. The molecule has 1 aromatic rings. The molecule has 2 fully saturated rings. The first-order chi connectivity index (χ1) is 8.45. The number of hydrogen-bond acceptors (Lipinski definition) is 2. The molecule has 0 amide bonds. The third kappa shape index (κ3) is 2.38. The molecule has 2 aliphatic rings. The van der Waals surface area contributed by atoms with Gasteiger partial charge >= 0.3 is 0 Å². The summed E-state index contributed by atoms with van der Waals surface area (Å²) in [5, 5.41) is 3.68.